The highest BCUT2D eigenvalue weighted by Gasteiger charge is 2.11. The maximum atomic E-state index is 12.4. The average Bonchev–Trinajstić information content (AvgIpc) is 2.57. The van der Waals surface area contributed by atoms with E-state index >= 15 is 0 Å². The van der Waals surface area contributed by atoms with Crippen LogP contribution in [-0.2, 0) is 6.54 Å². The average molecular weight is 322 g/mol. The minimum atomic E-state index is -0.262. The molecule has 0 aliphatic heterocycles. The Hall–Kier alpha value is -3.02. The number of hydrogen-bond donors (Lipinski definition) is 1. The van der Waals surface area contributed by atoms with Gasteiger partial charge in [0.1, 0.15) is 11.5 Å². The van der Waals surface area contributed by atoms with E-state index in [1.807, 2.05) is 19.9 Å². The molecule has 24 heavy (non-hydrogen) atoms. The molecular weight excluding hydrogens is 304 g/mol. The van der Waals surface area contributed by atoms with Gasteiger partial charge in [0.05, 0.1) is 11.0 Å². The van der Waals surface area contributed by atoms with Gasteiger partial charge in [0.2, 0.25) is 0 Å². The lowest BCUT2D eigenvalue weighted by atomic mass is 10.1. The minimum absolute atomic E-state index is 0.106. The molecule has 0 aliphatic carbocycles. The van der Waals surface area contributed by atoms with Gasteiger partial charge in [-0.25, -0.2) is 9.97 Å². The summed E-state index contributed by atoms with van der Waals surface area (Å²) in [7, 11) is 0. The molecule has 0 atom stereocenters. The number of carbonyl (C=O) groups is 1. The molecule has 0 fully saturated rings. The quantitative estimate of drug-likeness (QED) is 0.804. The van der Waals surface area contributed by atoms with Crippen LogP contribution in [0.3, 0.4) is 0 Å². The number of fused-ring (bicyclic) bond motifs is 1. The molecule has 0 radical (unpaired) electrons. The third-order valence-electron chi connectivity index (χ3n) is 3.84. The van der Waals surface area contributed by atoms with E-state index in [1.54, 1.807) is 42.0 Å². The molecule has 0 saturated carbocycles. The highest BCUT2D eigenvalue weighted by atomic mass is 16.1. The Morgan fingerprint density at radius 1 is 1.21 bits per heavy atom. The zero-order valence-corrected chi connectivity index (χ0v) is 13.8. The number of carbonyl (C=O) groups excluding carboxylic acids is 1. The second kappa shape index (κ2) is 6.23. The van der Waals surface area contributed by atoms with E-state index in [1.165, 1.54) is 0 Å². The SMILES string of the molecule is CCn1c(=O)c(C)nc2cc(C(=O)Nc3ccc(C)cn3)ccc21. The van der Waals surface area contributed by atoms with Crippen molar-refractivity contribution in [3.63, 3.8) is 0 Å². The third-order valence-corrected chi connectivity index (χ3v) is 3.84. The van der Waals surface area contributed by atoms with Crippen LogP contribution in [0.5, 0.6) is 0 Å². The number of nitrogens with zero attached hydrogens (tertiary/aromatic N) is 3. The zero-order valence-electron chi connectivity index (χ0n) is 13.8. The van der Waals surface area contributed by atoms with Crippen molar-refractivity contribution in [3.05, 3.63) is 63.7 Å². The van der Waals surface area contributed by atoms with Crippen LogP contribution in [0.4, 0.5) is 5.82 Å². The van der Waals surface area contributed by atoms with Gasteiger partial charge in [-0.15, -0.1) is 0 Å². The van der Waals surface area contributed by atoms with Crippen molar-refractivity contribution in [1.29, 1.82) is 0 Å². The van der Waals surface area contributed by atoms with Gasteiger partial charge in [-0.1, -0.05) is 6.07 Å². The van der Waals surface area contributed by atoms with Crippen LogP contribution < -0.4 is 10.9 Å². The number of aromatic nitrogens is 3. The third kappa shape index (κ3) is 2.90. The summed E-state index contributed by atoms with van der Waals surface area (Å²) in [5, 5.41) is 2.76. The van der Waals surface area contributed by atoms with Gasteiger partial charge in [0.15, 0.2) is 0 Å². The molecule has 0 aliphatic rings. The van der Waals surface area contributed by atoms with E-state index in [0.29, 0.717) is 29.1 Å². The predicted molar refractivity (Wildman–Crippen MR) is 93.3 cm³/mol. The first kappa shape index (κ1) is 15.9. The fourth-order valence-electron chi connectivity index (χ4n) is 2.56. The Kier molecular flexibility index (Phi) is 4.12. The molecule has 0 spiro atoms. The fourth-order valence-corrected chi connectivity index (χ4v) is 2.56. The molecule has 3 rings (SSSR count). The van der Waals surface area contributed by atoms with Gasteiger partial charge < -0.3 is 9.88 Å². The zero-order chi connectivity index (χ0) is 17.3. The molecule has 2 heterocycles. The van der Waals surface area contributed by atoms with Crippen LogP contribution >= 0.6 is 0 Å². The lowest BCUT2D eigenvalue weighted by molar-refractivity contribution is 0.102. The summed E-state index contributed by atoms with van der Waals surface area (Å²) in [5.74, 6) is 0.232. The normalized spacial score (nSPS) is 10.8. The number of nitrogens with one attached hydrogen (secondary N) is 1. The molecule has 3 aromatic rings. The number of rotatable bonds is 3. The van der Waals surface area contributed by atoms with E-state index in [9.17, 15) is 9.59 Å². The van der Waals surface area contributed by atoms with Gasteiger partial charge in [-0.2, -0.15) is 0 Å². The first-order chi connectivity index (χ1) is 11.5. The smallest absolute Gasteiger partial charge is 0.272 e. The van der Waals surface area contributed by atoms with Crippen LogP contribution in [0.15, 0.2) is 41.3 Å². The number of hydrogen-bond acceptors (Lipinski definition) is 4. The highest BCUT2D eigenvalue weighted by Crippen LogP contribution is 2.15. The molecule has 1 aromatic carbocycles. The second-order valence-electron chi connectivity index (χ2n) is 5.63. The van der Waals surface area contributed by atoms with Crippen LogP contribution in [0.25, 0.3) is 11.0 Å². The molecule has 6 nitrogen and oxygen atoms in total. The Morgan fingerprint density at radius 3 is 2.67 bits per heavy atom. The van der Waals surface area contributed by atoms with E-state index < -0.39 is 0 Å². The van der Waals surface area contributed by atoms with E-state index in [-0.39, 0.29) is 11.5 Å². The summed E-state index contributed by atoms with van der Waals surface area (Å²) in [6.07, 6.45) is 1.70. The molecule has 0 unspecified atom stereocenters. The topological polar surface area (TPSA) is 76.9 Å². The standard InChI is InChI=1S/C18H18N4O2/c1-4-22-15-7-6-13(9-14(15)20-12(3)18(22)24)17(23)21-16-8-5-11(2)10-19-16/h5-10H,4H2,1-3H3,(H,19,21,23). The Labute approximate surface area is 139 Å². The van der Waals surface area contributed by atoms with Crippen molar-refractivity contribution in [2.24, 2.45) is 0 Å². The number of benzene rings is 1. The second-order valence-corrected chi connectivity index (χ2v) is 5.63. The summed E-state index contributed by atoms with van der Waals surface area (Å²) >= 11 is 0. The van der Waals surface area contributed by atoms with Gasteiger partial charge in [0.25, 0.3) is 11.5 Å². The molecule has 1 N–H and O–H groups in total. The molecule has 6 heteroatoms. The molecule has 2 aromatic heterocycles. The first-order valence-corrected chi connectivity index (χ1v) is 7.75. The summed E-state index contributed by atoms with van der Waals surface area (Å²) < 4.78 is 1.65. The van der Waals surface area contributed by atoms with Crippen molar-refractivity contribution in [3.8, 4) is 0 Å². The van der Waals surface area contributed by atoms with E-state index in [4.69, 9.17) is 0 Å². The van der Waals surface area contributed by atoms with Gasteiger partial charge >= 0.3 is 0 Å². The Bertz CT molecular complexity index is 975. The number of pyridine rings is 1. The minimum Gasteiger partial charge on any atom is -0.307 e. The van der Waals surface area contributed by atoms with Crippen molar-refractivity contribution in [2.75, 3.05) is 5.32 Å². The number of anilines is 1. The summed E-state index contributed by atoms with van der Waals surface area (Å²) in [6.45, 7) is 6.07. The van der Waals surface area contributed by atoms with Crippen molar-refractivity contribution < 1.29 is 4.79 Å². The van der Waals surface area contributed by atoms with Gasteiger partial charge in [-0.3, -0.25) is 9.59 Å². The van der Waals surface area contributed by atoms with Crippen LogP contribution in [0, 0.1) is 13.8 Å². The molecule has 122 valence electrons. The van der Waals surface area contributed by atoms with Crippen LogP contribution in [0.2, 0.25) is 0 Å². The molecule has 0 bridgehead atoms. The summed E-state index contributed by atoms with van der Waals surface area (Å²) in [6, 6.07) is 8.77. The monoisotopic (exact) mass is 322 g/mol. The van der Waals surface area contributed by atoms with Crippen molar-refractivity contribution in [1.82, 2.24) is 14.5 Å². The molecule has 1 amide bonds. The fraction of sp³-hybridized carbons (Fsp3) is 0.222. The summed E-state index contributed by atoms with van der Waals surface area (Å²) in [4.78, 5) is 33.0. The Balaban J connectivity index is 1.98. The predicted octanol–water partition coefficient (Wildman–Crippen LogP) is 2.68. The maximum Gasteiger partial charge on any atom is 0.272 e. The van der Waals surface area contributed by atoms with Crippen LogP contribution in [-0.4, -0.2) is 20.4 Å². The van der Waals surface area contributed by atoms with Crippen molar-refractivity contribution in [2.45, 2.75) is 27.3 Å². The summed E-state index contributed by atoms with van der Waals surface area (Å²) in [5.41, 5.74) is 3.15. The molecule has 0 saturated heterocycles. The lowest BCUT2D eigenvalue weighted by Gasteiger charge is -2.10. The first-order valence-electron chi connectivity index (χ1n) is 7.75. The van der Waals surface area contributed by atoms with Crippen LogP contribution in [0.1, 0.15) is 28.5 Å². The highest BCUT2D eigenvalue weighted by molar-refractivity contribution is 6.05. The largest absolute Gasteiger partial charge is 0.307 e. The maximum absolute atomic E-state index is 12.4. The Morgan fingerprint density at radius 2 is 2.00 bits per heavy atom. The van der Waals surface area contributed by atoms with Gasteiger partial charge in [-0.05, 0) is 50.6 Å². The van der Waals surface area contributed by atoms with E-state index in [2.05, 4.69) is 15.3 Å². The van der Waals surface area contributed by atoms with Gasteiger partial charge in [0, 0.05) is 18.3 Å². The van der Waals surface area contributed by atoms with Crippen molar-refractivity contribution >= 4 is 22.8 Å². The number of aryl methyl sites for hydroxylation is 3. The molecular formula is C18H18N4O2. The van der Waals surface area contributed by atoms with E-state index in [0.717, 1.165) is 11.1 Å². The lowest BCUT2D eigenvalue weighted by Crippen LogP contribution is -2.23. The number of amides is 1.